The Morgan fingerprint density at radius 3 is 2.79 bits per heavy atom. The molecule has 2 heterocycles. The average molecular weight is 450 g/mol. The van der Waals surface area contributed by atoms with E-state index in [9.17, 15) is 4.79 Å². The molecule has 0 amide bonds. The van der Waals surface area contributed by atoms with Gasteiger partial charge in [0.25, 0.3) is 0 Å². The third-order valence-electron chi connectivity index (χ3n) is 6.02. The van der Waals surface area contributed by atoms with Crippen molar-refractivity contribution in [3.8, 4) is 23.1 Å². The quantitative estimate of drug-likeness (QED) is 0.474. The Morgan fingerprint density at radius 2 is 2.00 bits per heavy atom. The first-order valence-electron chi connectivity index (χ1n) is 11.1. The number of nitrogens with two attached hydrogens (primary N) is 1. The maximum atomic E-state index is 12.3. The van der Waals surface area contributed by atoms with Crippen molar-refractivity contribution in [2.75, 3.05) is 11.1 Å². The highest BCUT2D eigenvalue weighted by Crippen LogP contribution is 2.32. The maximum Gasteiger partial charge on any atom is 0.354 e. The third-order valence-corrected chi connectivity index (χ3v) is 6.02. The van der Waals surface area contributed by atoms with Crippen LogP contribution in [-0.4, -0.2) is 19.5 Å². The van der Waals surface area contributed by atoms with Crippen LogP contribution in [0.1, 0.15) is 28.8 Å². The lowest BCUT2D eigenvalue weighted by Crippen LogP contribution is -2.21. The van der Waals surface area contributed by atoms with Crippen molar-refractivity contribution in [2.24, 2.45) is 0 Å². The molecule has 0 radical (unpaired) electrons. The lowest BCUT2D eigenvalue weighted by Gasteiger charge is -2.14. The first-order chi connectivity index (χ1) is 16.5. The topological polar surface area (TPSA) is 123 Å². The molecule has 8 heteroatoms. The number of nitrogens with zero attached hydrogens (tertiary/aromatic N) is 5. The van der Waals surface area contributed by atoms with E-state index in [0.29, 0.717) is 17.9 Å². The minimum absolute atomic E-state index is 0.186. The molecule has 8 nitrogen and oxygen atoms in total. The van der Waals surface area contributed by atoms with E-state index in [2.05, 4.69) is 16.4 Å². The van der Waals surface area contributed by atoms with Gasteiger partial charge in [-0.05, 0) is 67.6 Å². The lowest BCUT2D eigenvalue weighted by molar-refractivity contribution is 0.900. The van der Waals surface area contributed by atoms with Crippen LogP contribution in [0.15, 0.2) is 59.5 Å². The first kappa shape index (κ1) is 21.3. The molecule has 2 aromatic heterocycles. The molecule has 0 atom stereocenters. The molecule has 3 N–H and O–H groups in total. The molecule has 0 fully saturated rings. The Labute approximate surface area is 196 Å². The van der Waals surface area contributed by atoms with E-state index in [1.54, 1.807) is 12.3 Å². The summed E-state index contributed by atoms with van der Waals surface area (Å²) in [6.45, 7) is 2.01. The van der Waals surface area contributed by atoms with Gasteiger partial charge in [-0.15, -0.1) is 0 Å². The van der Waals surface area contributed by atoms with Crippen molar-refractivity contribution >= 4 is 17.3 Å². The smallest absolute Gasteiger partial charge is 0.354 e. The monoisotopic (exact) mass is 449 g/mol. The second-order valence-corrected chi connectivity index (χ2v) is 8.33. The zero-order valence-corrected chi connectivity index (χ0v) is 18.7. The van der Waals surface area contributed by atoms with Crippen LogP contribution >= 0.6 is 0 Å². The van der Waals surface area contributed by atoms with E-state index < -0.39 is 5.69 Å². The molecule has 34 heavy (non-hydrogen) atoms. The van der Waals surface area contributed by atoms with Crippen LogP contribution in [0, 0.1) is 18.3 Å². The van der Waals surface area contributed by atoms with Gasteiger partial charge in [-0.25, -0.2) is 14.8 Å². The van der Waals surface area contributed by atoms with Crippen LogP contribution in [0.2, 0.25) is 0 Å². The number of aromatic nitrogens is 4. The summed E-state index contributed by atoms with van der Waals surface area (Å²) in [6.07, 6.45) is 4.87. The Bertz CT molecular complexity index is 1500. The Morgan fingerprint density at radius 1 is 1.12 bits per heavy atom. The highest BCUT2D eigenvalue weighted by atomic mass is 16.1. The maximum absolute atomic E-state index is 12.3. The second-order valence-electron chi connectivity index (χ2n) is 8.33. The summed E-state index contributed by atoms with van der Waals surface area (Å²) in [5.41, 5.74) is 11.8. The van der Waals surface area contributed by atoms with Crippen molar-refractivity contribution < 1.29 is 0 Å². The summed E-state index contributed by atoms with van der Waals surface area (Å²) in [5.74, 6) is 1.58. The number of hydrogen-bond acceptors (Lipinski definition) is 7. The molecule has 0 aliphatic heterocycles. The summed E-state index contributed by atoms with van der Waals surface area (Å²) >= 11 is 0. The Balaban J connectivity index is 1.53. The molecular formula is C26H23N7O. The van der Waals surface area contributed by atoms with Gasteiger partial charge in [-0.2, -0.15) is 10.2 Å². The number of benzene rings is 2. The summed E-state index contributed by atoms with van der Waals surface area (Å²) in [6, 6.07) is 17.3. The number of fused-ring (bicyclic) bond motifs is 1. The predicted molar refractivity (Wildman–Crippen MR) is 131 cm³/mol. The molecule has 168 valence electrons. The number of rotatable bonds is 5. The fraction of sp³-hybridized carbons (Fsp3) is 0.192. The molecule has 0 bridgehead atoms. The number of aryl methyl sites for hydroxylation is 2. The molecule has 0 spiro atoms. The van der Waals surface area contributed by atoms with Gasteiger partial charge in [0, 0.05) is 28.7 Å². The van der Waals surface area contributed by atoms with Crippen molar-refractivity contribution in [3.05, 3.63) is 87.6 Å². The van der Waals surface area contributed by atoms with Crippen LogP contribution in [0.3, 0.4) is 0 Å². The van der Waals surface area contributed by atoms with E-state index in [4.69, 9.17) is 21.0 Å². The summed E-state index contributed by atoms with van der Waals surface area (Å²) < 4.78 is 1.44. The Hall–Kier alpha value is -4.51. The van der Waals surface area contributed by atoms with Gasteiger partial charge in [-0.3, -0.25) is 4.57 Å². The van der Waals surface area contributed by atoms with Gasteiger partial charge in [0.1, 0.15) is 11.6 Å². The second kappa shape index (κ2) is 8.79. The molecular weight excluding hydrogens is 426 g/mol. The SMILES string of the molecule is Cc1cc(Nc2nc(-c3cccc(-n4ccc(N)nc4=O)c3)nc3c2CCC3)ccc1CC#N. The van der Waals surface area contributed by atoms with Crippen LogP contribution in [-0.2, 0) is 19.3 Å². The summed E-state index contributed by atoms with van der Waals surface area (Å²) in [4.78, 5) is 25.8. The van der Waals surface area contributed by atoms with Crippen molar-refractivity contribution in [3.63, 3.8) is 0 Å². The molecule has 5 rings (SSSR count). The van der Waals surface area contributed by atoms with Gasteiger partial charge < -0.3 is 11.1 Å². The molecule has 1 aliphatic rings. The predicted octanol–water partition coefficient (Wildman–Crippen LogP) is 3.88. The largest absolute Gasteiger partial charge is 0.383 e. The van der Waals surface area contributed by atoms with E-state index in [0.717, 1.165) is 58.7 Å². The van der Waals surface area contributed by atoms with Crippen LogP contribution in [0.5, 0.6) is 0 Å². The van der Waals surface area contributed by atoms with Crippen molar-refractivity contribution in [1.29, 1.82) is 5.26 Å². The standard InChI is InChI=1S/C26H23N7O/c1-16-14-19(9-8-17(16)10-12-27)29-25-21-6-3-7-22(21)30-24(32-25)18-4-2-5-20(15-18)33-13-11-23(28)31-26(33)34/h2,4-5,8-9,11,13-15H,3,6-7,10H2,1H3,(H2,28,31,34)(H,29,30,32). The molecule has 2 aromatic carbocycles. The minimum Gasteiger partial charge on any atom is -0.383 e. The minimum atomic E-state index is -0.440. The Kier molecular flexibility index (Phi) is 5.52. The van der Waals surface area contributed by atoms with Gasteiger partial charge in [0.2, 0.25) is 0 Å². The third kappa shape index (κ3) is 4.11. The molecule has 4 aromatic rings. The number of nitriles is 1. The van der Waals surface area contributed by atoms with E-state index >= 15 is 0 Å². The fourth-order valence-corrected chi connectivity index (χ4v) is 4.27. The normalized spacial score (nSPS) is 12.2. The van der Waals surface area contributed by atoms with E-state index in [1.165, 1.54) is 4.57 Å². The van der Waals surface area contributed by atoms with Crippen LogP contribution in [0.25, 0.3) is 17.1 Å². The zero-order chi connectivity index (χ0) is 23.7. The average Bonchev–Trinajstić information content (AvgIpc) is 3.30. The summed E-state index contributed by atoms with van der Waals surface area (Å²) in [5, 5.41) is 12.5. The van der Waals surface area contributed by atoms with E-state index in [-0.39, 0.29) is 5.82 Å². The molecule has 1 aliphatic carbocycles. The number of nitrogen functional groups attached to an aromatic ring is 1. The summed E-state index contributed by atoms with van der Waals surface area (Å²) in [7, 11) is 0. The number of hydrogen-bond donors (Lipinski definition) is 2. The first-order valence-corrected chi connectivity index (χ1v) is 11.1. The van der Waals surface area contributed by atoms with Crippen LogP contribution < -0.4 is 16.7 Å². The van der Waals surface area contributed by atoms with Gasteiger partial charge in [-0.1, -0.05) is 18.2 Å². The number of anilines is 3. The highest BCUT2D eigenvalue weighted by Gasteiger charge is 2.20. The highest BCUT2D eigenvalue weighted by molar-refractivity contribution is 5.67. The van der Waals surface area contributed by atoms with Gasteiger partial charge >= 0.3 is 5.69 Å². The van der Waals surface area contributed by atoms with Crippen LogP contribution in [0.4, 0.5) is 17.3 Å². The van der Waals surface area contributed by atoms with Gasteiger partial charge in [0.05, 0.1) is 18.2 Å². The lowest BCUT2D eigenvalue weighted by atomic mass is 10.1. The molecule has 0 saturated heterocycles. The van der Waals surface area contributed by atoms with Crippen molar-refractivity contribution in [2.45, 2.75) is 32.6 Å². The number of nitrogens with one attached hydrogen (secondary N) is 1. The molecule has 0 saturated carbocycles. The fourth-order valence-electron chi connectivity index (χ4n) is 4.27. The van der Waals surface area contributed by atoms with Gasteiger partial charge in [0.15, 0.2) is 5.82 Å². The molecule has 0 unspecified atom stereocenters. The zero-order valence-electron chi connectivity index (χ0n) is 18.7. The van der Waals surface area contributed by atoms with E-state index in [1.807, 2.05) is 49.4 Å². The van der Waals surface area contributed by atoms with Crippen molar-refractivity contribution in [1.82, 2.24) is 19.5 Å².